The van der Waals surface area contributed by atoms with Crippen molar-refractivity contribution in [3.63, 3.8) is 0 Å². The molecule has 0 spiro atoms. The van der Waals surface area contributed by atoms with E-state index < -0.39 is 11.6 Å². The quantitative estimate of drug-likeness (QED) is 0.579. The van der Waals surface area contributed by atoms with Crippen molar-refractivity contribution < 1.29 is 14.6 Å². The first kappa shape index (κ1) is 13.2. The summed E-state index contributed by atoms with van der Waals surface area (Å²) in [6, 6.07) is 11.1. The molecule has 1 aromatic carbocycles. The normalized spacial score (nSPS) is 13.5. The van der Waals surface area contributed by atoms with Crippen LogP contribution in [0.2, 0.25) is 0 Å². The average molecular weight is 233 g/mol. The zero-order valence-corrected chi connectivity index (χ0v) is 9.97. The van der Waals surface area contributed by atoms with E-state index in [0.717, 1.165) is 6.42 Å². The lowest BCUT2D eigenvalue weighted by Gasteiger charge is -2.24. The zero-order chi connectivity index (χ0) is 12.7. The molecule has 17 heavy (non-hydrogen) atoms. The minimum absolute atomic E-state index is 0.459. The maximum atomic E-state index is 10.8. The SMILES string of the molecule is CCCC(C#N)(OOC(C)=O)c1ccccc1. The van der Waals surface area contributed by atoms with Crippen molar-refractivity contribution in [1.29, 1.82) is 5.26 Å². The Hall–Kier alpha value is -1.86. The molecule has 4 heteroatoms. The Morgan fingerprint density at radius 2 is 2.06 bits per heavy atom. The Morgan fingerprint density at radius 1 is 1.41 bits per heavy atom. The van der Waals surface area contributed by atoms with Gasteiger partial charge in [0.1, 0.15) is 6.07 Å². The smallest absolute Gasteiger partial charge is 0.297 e. The number of hydrogen-bond donors (Lipinski definition) is 0. The third kappa shape index (κ3) is 3.30. The van der Waals surface area contributed by atoms with Crippen molar-refractivity contribution in [3.05, 3.63) is 35.9 Å². The first-order chi connectivity index (χ1) is 8.14. The van der Waals surface area contributed by atoms with E-state index in [1.807, 2.05) is 25.1 Å². The van der Waals surface area contributed by atoms with Gasteiger partial charge in [-0.3, -0.25) is 4.89 Å². The van der Waals surface area contributed by atoms with E-state index >= 15 is 0 Å². The summed E-state index contributed by atoms with van der Waals surface area (Å²) in [6.07, 6.45) is 1.20. The van der Waals surface area contributed by atoms with Crippen LogP contribution in [0.3, 0.4) is 0 Å². The van der Waals surface area contributed by atoms with E-state index in [1.54, 1.807) is 12.1 Å². The van der Waals surface area contributed by atoms with E-state index in [0.29, 0.717) is 12.0 Å². The fourth-order valence-electron chi connectivity index (χ4n) is 1.56. The van der Waals surface area contributed by atoms with Crippen molar-refractivity contribution in [2.24, 2.45) is 0 Å². The highest BCUT2D eigenvalue weighted by atomic mass is 17.2. The molecule has 0 aromatic heterocycles. The van der Waals surface area contributed by atoms with Gasteiger partial charge in [0.2, 0.25) is 5.60 Å². The van der Waals surface area contributed by atoms with Crippen LogP contribution in [-0.2, 0) is 20.2 Å². The highest BCUT2D eigenvalue weighted by Gasteiger charge is 2.35. The second kappa shape index (κ2) is 6.02. The minimum Gasteiger partial charge on any atom is -0.297 e. The zero-order valence-electron chi connectivity index (χ0n) is 9.97. The van der Waals surface area contributed by atoms with Crippen molar-refractivity contribution in [2.45, 2.75) is 32.3 Å². The molecule has 0 saturated heterocycles. The molecule has 0 fully saturated rings. The number of nitrogens with zero attached hydrogens (tertiary/aromatic N) is 1. The van der Waals surface area contributed by atoms with Gasteiger partial charge in [-0.05, 0) is 6.42 Å². The average Bonchev–Trinajstić information content (AvgIpc) is 2.35. The van der Waals surface area contributed by atoms with Crippen LogP contribution in [0.5, 0.6) is 0 Å². The molecule has 90 valence electrons. The summed E-state index contributed by atoms with van der Waals surface area (Å²) in [4.78, 5) is 20.4. The third-order valence-corrected chi connectivity index (χ3v) is 2.32. The summed E-state index contributed by atoms with van der Waals surface area (Å²) in [5.74, 6) is -0.573. The largest absolute Gasteiger partial charge is 0.339 e. The molecular weight excluding hydrogens is 218 g/mol. The van der Waals surface area contributed by atoms with Gasteiger partial charge >= 0.3 is 5.97 Å². The molecule has 1 unspecified atom stereocenters. The number of carbonyl (C=O) groups excluding carboxylic acids is 1. The highest BCUT2D eigenvalue weighted by Crippen LogP contribution is 2.30. The van der Waals surface area contributed by atoms with E-state index in [2.05, 4.69) is 11.0 Å². The van der Waals surface area contributed by atoms with Crippen LogP contribution in [0, 0.1) is 11.3 Å². The summed E-state index contributed by atoms with van der Waals surface area (Å²) in [6.45, 7) is 3.17. The molecule has 0 aliphatic carbocycles. The molecule has 0 radical (unpaired) electrons. The maximum Gasteiger partial charge on any atom is 0.339 e. The van der Waals surface area contributed by atoms with E-state index in [1.165, 1.54) is 6.92 Å². The van der Waals surface area contributed by atoms with E-state index in [4.69, 9.17) is 4.89 Å². The molecule has 0 N–H and O–H groups in total. The Balaban J connectivity index is 3.01. The first-order valence-corrected chi connectivity index (χ1v) is 5.47. The third-order valence-electron chi connectivity index (χ3n) is 2.32. The molecule has 0 saturated carbocycles. The number of benzene rings is 1. The lowest BCUT2D eigenvalue weighted by molar-refractivity contribution is -0.323. The van der Waals surface area contributed by atoms with Crippen LogP contribution in [0.4, 0.5) is 0 Å². The van der Waals surface area contributed by atoms with Gasteiger partial charge in [0.25, 0.3) is 0 Å². The predicted octanol–water partition coefficient (Wildman–Crippen LogP) is 2.70. The van der Waals surface area contributed by atoms with Crippen molar-refractivity contribution >= 4 is 5.97 Å². The predicted molar refractivity (Wildman–Crippen MR) is 61.5 cm³/mol. The molecule has 0 aliphatic rings. The van der Waals surface area contributed by atoms with Crippen molar-refractivity contribution in [3.8, 4) is 6.07 Å². The van der Waals surface area contributed by atoms with Crippen LogP contribution >= 0.6 is 0 Å². The van der Waals surface area contributed by atoms with Gasteiger partial charge in [-0.25, -0.2) is 4.79 Å². The minimum atomic E-state index is -1.22. The van der Waals surface area contributed by atoms with Crippen LogP contribution in [0.25, 0.3) is 0 Å². The van der Waals surface area contributed by atoms with Gasteiger partial charge in [0.05, 0.1) is 0 Å². The van der Waals surface area contributed by atoms with E-state index in [9.17, 15) is 10.1 Å². The number of rotatable bonds is 5. The fraction of sp³-hybridized carbons (Fsp3) is 0.385. The van der Waals surface area contributed by atoms with E-state index in [-0.39, 0.29) is 0 Å². The summed E-state index contributed by atoms with van der Waals surface area (Å²) in [5.41, 5.74) is -0.535. The topological polar surface area (TPSA) is 59.3 Å². The van der Waals surface area contributed by atoms with Gasteiger partial charge in [-0.1, -0.05) is 43.7 Å². The summed E-state index contributed by atoms with van der Waals surface area (Å²) in [5, 5.41) is 9.31. The Bertz CT molecular complexity index is 410. The molecule has 1 aromatic rings. The standard InChI is InChI=1S/C13H15NO3/c1-3-9-13(10-14,17-16-11(2)15)12-7-5-4-6-8-12/h4-8H,3,9H2,1-2H3. The van der Waals surface area contributed by atoms with Gasteiger partial charge in [-0.15, -0.1) is 0 Å². The lowest BCUT2D eigenvalue weighted by atomic mass is 9.91. The molecule has 0 amide bonds. The second-order valence-electron chi connectivity index (χ2n) is 3.71. The summed E-state index contributed by atoms with van der Waals surface area (Å²) in [7, 11) is 0. The van der Waals surface area contributed by atoms with Gasteiger partial charge in [-0.2, -0.15) is 10.1 Å². The number of hydrogen-bond acceptors (Lipinski definition) is 4. The van der Waals surface area contributed by atoms with Crippen molar-refractivity contribution in [1.82, 2.24) is 0 Å². The Morgan fingerprint density at radius 3 is 2.53 bits per heavy atom. The van der Waals surface area contributed by atoms with Gasteiger partial charge < -0.3 is 0 Å². The number of nitriles is 1. The van der Waals surface area contributed by atoms with Crippen LogP contribution < -0.4 is 0 Å². The molecule has 0 heterocycles. The molecule has 0 aliphatic heterocycles. The molecule has 4 nitrogen and oxygen atoms in total. The van der Waals surface area contributed by atoms with Gasteiger partial charge in [0, 0.05) is 12.5 Å². The highest BCUT2D eigenvalue weighted by molar-refractivity contribution is 5.65. The van der Waals surface area contributed by atoms with Gasteiger partial charge in [0.15, 0.2) is 0 Å². The molecular formula is C13H15NO3. The first-order valence-electron chi connectivity index (χ1n) is 5.47. The fourth-order valence-corrected chi connectivity index (χ4v) is 1.56. The molecule has 0 bridgehead atoms. The lowest BCUT2D eigenvalue weighted by Crippen LogP contribution is -2.29. The summed E-state index contributed by atoms with van der Waals surface area (Å²) >= 11 is 0. The maximum absolute atomic E-state index is 10.8. The van der Waals surface area contributed by atoms with Crippen molar-refractivity contribution in [2.75, 3.05) is 0 Å². The summed E-state index contributed by atoms with van der Waals surface area (Å²) < 4.78 is 0. The molecule has 1 atom stereocenters. The van der Waals surface area contributed by atoms with Crippen LogP contribution in [0.15, 0.2) is 30.3 Å². The van der Waals surface area contributed by atoms with Crippen LogP contribution in [-0.4, -0.2) is 5.97 Å². The monoisotopic (exact) mass is 233 g/mol. The number of carbonyl (C=O) groups is 1. The van der Waals surface area contributed by atoms with Crippen LogP contribution in [0.1, 0.15) is 32.3 Å². The second-order valence-corrected chi connectivity index (χ2v) is 3.71. The molecule has 1 rings (SSSR count). The Kier molecular flexibility index (Phi) is 4.68. The Labute approximate surface area is 101 Å².